The van der Waals surface area contributed by atoms with Gasteiger partial charge in [-0.2, -0.15) is 5.26 Å². The molecule has 4 nitrogen and oxygen atoms in total. The molecule has 19 heavy (non-hydrogen) atoms. The number of hydrogen-bond donors (Lipinski definition) is 0. The van der Waals surface area contributed by atoms with Crippen LogP contribution in [0.3, 0.4) is 0 Å². The second-order valence-corrected chi connectivity index (χ2v) is 4.22. The molecule has 0 bridgehead atoms. The van der Waals surface area contributed by atoms with E-state index >= 15 is 0 Å². The molecule has 0 heterocycles. The number of hydrogen-bond acceptors (Lipinski definition) is 3. The lowest BCUT2D eigenvalue weighted by Gasteiger charge is -2.09. The molecule has 2 aromatic carbocycles. The maximum Gasteiger partial charge on any atom is 0.269 e. The Hall–Kier alpha value is -2.67. The summed E-state index contributed by atoms with van der Waals surface area (Å²) in [6.45, 7) is 0. The predicted octanol–water partition coefficient (Wildman–Crippen LogP) is 3.44. The van der Waals surface area contributed by atoms with E-state index in [1.165, 1.54) is 12.1 Å². The highest BCUT2D eigenvalue weighted by Crippen LogP contribution is 2.21. The smallest absolute Gasteiger partial charge is 0.258 e. The summed E-state index contributed by atoms with van der Waals surface area (Å²) < 4.78 is 0. The van der Waals surface area contributed by atoms with Crippen LogP contribution in [-0.4, -0.2) is 4.92 Å². The van der Waals surface area contributed by atoms with Gasteiger partial charge < -0.3 is 0 Å². The molecule has 0 radical (unpaired) electrons. The fourth-order valence-electron chi connectivity index (χ4n) is 1.91. The summed E-state index contributed by atoms with van der Waals surface area (Å²) in [5.74, 6) is -0.234. The predicted molar refractivity (Wildman–Crippen MR) is 71.6 cm³/mol. The summed E-state index contributed by atoms with van der Waals surface area (Å²) in [6.07, 6.45) is 0.554. The normalized spacial score (nSPS) is 11.5. The van der Waals surface area contributed by atoms with Crippen LogP contribution < -0.4 is 0 Å². The van der Waals surface area contributed by atoms with Gasteiger partial charge in [0.25, 0.3) is 5.69 Å². The van der Waals surface area contributed by atoms with Crippen molar-refractivity contribution in [2.75, 3.05) is 0 Å². The Morgan fingerprint density at radius 1 is 1.11 bits per heavy atom. The zero-order chi connectivity index (χ0) is 13.7. The van der Waals surface area contributed by atoms with Crippen molar-refractivity contribution in [2.45, 2.75) is 12.3 Å². The second kappa shape index (κ2) is 5.78. The summed E-state index contributed by atoms with van der Waals surface area (Å²) in [6, 6.07) is 18.1. The Morgan fingerprint density at radius 2 is 1.74 bits per heavy atom. The van der Waals surface area contributed by atoms with Gasteiger partial charge in [0.05, 0.1) is 16.9 Å². The number of nitriles is 1. The van der Waals surface area contributed by atoms with E-state index in [2.05, 4.69) is 6.07 Å². The lowest BCUT2D eigenvalue weighted by atomic mass is 9.93. The molecule has 0 N–H and O–H groups in total. The van der Waals surface area contributed by atoms with Gasteiger partial charge in [-0.25, -0.2) is 0 Å². The number of nitrogens with zero attached hydrogens (tertiary/aromatic N) is 2. The van der Waals surface area contributed by atoms with Crippen LogP contribution in [0.2, 0.25) is 0 Å². The third kappa shape index (κ3) is 3.17. The molecule has 0 aliphatic carbocycles. The van der Waals surface area contributed by atoms with Gasteiger partial charge in [0, 0.05) is 12.1 Å². The summed E-state index contributed by atoms with van der Waals surface area (Å²) in [7, 11) is 0. The largest absolute Gasteiger partial charge is 0.269 e. The van der Waals surface area contributed by atoms with E-state index in [4.69, 9.17) is 0 Å². The topological polar surface area (TPSA) is 66.9 Å². The van der Waals surface area contributed by atoms with Crippen molar-refractivity contribution in [2.24, 2.45) is 0 Å². The van der Waals surface area contributed by atoms with E-state index in [-0.39, 0.29) is 11.6 Å². The van der Waals surface area contributed by atoms with E-state index in [1.807, 2.05) is 30.3 Å². The van der Waals surface area contributed by atoms with E-state index in [9.17, 15) is 15.4 Å². The van der Waals surface area contributed by atoms with Crippen molar-refractivity contribution in [3.8, 4) is 6.07 Å². The molecule has 2 rings (SSSR count). The minimum atomic E-state index is -0.428. The molecule has 0 aromatic heterocycles. The minimum Gasteiger partial charge on any atom is -0.258 e. The highest BCUT2D eigenvalue weighted by atomic mass is 16.6. The first-order valence-electron chi connectivity index (χ1n) is 5.88. The molecule has 0 spiro atoms. The Kier molecular flexibility index (Phi) is 3.89. The van der Waals surface area contributed by atoms with Crippen LogP contribution in [0.15, 0.2) is 54.6 Å². The fourth-order valence-corrected chi connectivity index (χ4v) is 1.91. The van der Waals surface area contributed by atoms with Crippen molar-refractivity contribution in [1.82, 2.24) is 0 Å². The third-order valence-electron chi connectivity index (χ3n) is 2.94. The van der Waals surface area contributed by atoms with Gasteiger partial charge in [0.2, 0.25) is 0 Å². The Morgan fingerprint density at radius 3 is 2.26 bits per heavy atom. The highest BCUT2D eigenvalue weighted by Gasteiger charge is 2.12. The Balaban J connectivity index is 2.16. The van der Waals surface area contributed by atoms with E-state index < -0.39 is 4.92 Å². The van der Waals surface area contributed by atoms with Gasteiger partial charge in [0.1, 0.15) is 0 Å². The molecule has 94 valence electrons. The van der Waals surface area contributed by atoms with Crippen LogP contribution in [0.25, 0.3) is 0 Å². The molecule has 0 unspecified atom stereocenters. The van der Waals surface area contributed by atoms with Crippen LogP contribution in [-0.2, 0) is 6.42 Å². The lowest BCUT2D eigenvalue weighted by molar-refractivity contribution is -0.384. The van der Waals surface area contributed by atoms with Gasteiger partial charge in [0.15, 0.2) is 0 Å². The van der Waals surface area contributed by atoms with Crippen LogP contribution in [0, 0.1) is 21.4 Å². The van der Waals surface area contributed by atoms with E-state index in [0.717, 1.165) is 11.1 Å². The van der Waals surface area contributed by atoms with Crippen LogP contribution in [0.5, 0.6) is 0 Å². The summed E-state index contributed by atoms with van der Waals surface area (Å²) in [5.41, 5.74) is 1.95. The first-order chi connectivity index (χ1) is 9.20. The van der Waals surface area contributed by atoms with Crippen LogP contribution >= 0.6 is 0 Å². The summed E-state index contributed by atoms with van der Waals surface area (Å²) in [4.78, 5) is 10.1. The number of non-ortho nitro benzene ring substituents is 1. The van der Waals surface area contributed by atoms with Gasteiger partial charge in [-0.05, 0) is 17.5 Å². The fraction of sp³-hybridized carbons (Fsp3) is 0.133. The van der Waals surface area contributed by atoms with Crippen molar-refractivity contribution >= 4 is 5.69 Å². The minimum absolute atomic E-state index is 0.0666. The molecule has 0 aliphatic heterocycles. The molecule has 0 amide bonds. The maximum atomic E-state index is 10.6. The summed E-state index contributed by atoms with van der Waals surface area (Å²) in [5, 5.41) is 19.8. The lowest BCUT2D eigenvalue weighted by Crippen LogP contribution is -2.00. The monoisotopic (exact) mass is 252 g/mol. The quantitative estimate of drug-likeness (QED) is 0.618. The highest BCUT2D eigenvalue weighted by molar-refractivity contribution is 5.35. The van der Waals surface area contributed by atoms with Crippen molar-refractivity contribution in [3.05, 3.63) is 75.8 Å². The van der Waals surface area contributed by atoms with Crippen molar-refractivity contribution < 1.29 is 4.92 Å². The SMILES string of the molecule is N#C[C@H](Cc1ccc([N+](=O)[O-])cc1)c1ccccc1. The van der Waals surface area contributed by atoms with Crippen LogP contribution in [0.4, 0.5) is 5.69 Å². The van der Waals surface area contributed by atoms with Gasteiger partial charge in [-0.1, -0.05) is 42.5 Å². The number of nitro groups is 1. The molecule has 0 saturated heterocycles. The number of benzene rings is 2. The average Bonchev–Trinajstić information content (AvgIpc) is 2.46. The molecular formula is C15H12N2O2. The zero-order valence-corrected chi connectivity index (χ0v) is 10.2. The molecule has 4 heteroatoms. The van der Waals surface area contributed by atoms with E-state index in [0.29, 0.717) is 6.42 Å². The standard InChI is InChI=1S/C15H12N2O2/c16-11-14(13-4-2-1-3-5-13)10-12-6-8-15(9-7-12)17(18)19/h1-9,14H,10H2/t14-/m0/s1. The number of nitro benzene ring substituents is 1. The van der Waals surface area contributed by atoms with Gasteiger partial charge in [-0.15, -0.1) is 0 Å². The molecular weight excluding hydrogens is 240 g/mol. The molecule has 1 atom stereocenters. The first-order valence-corrected chi connectivity index (χ1v) is 5.88. The summed E-state index contributed by atoms with van der Waals surface area (Å²) >= 11 is 0. The maximum absolute atomic E-state index is 10.6. The Bertz CT molecular complexity index is 600. The van der Waals surface area contributed by atoms with Crippen molar-refractivity contribution in [3.63, 3.8) is 0 Å². The van der Waals surface area contributed by atoms with Gasteiger partial charge >= 0.3 is 0 Å². The second-order valence-electron chi connectivity index (χ2n) is 4.22. The molecule has 2 aromatic rings. The molecule has 0 aliphatic rings. The van der Waals surface area contributed by atoms with Crippen molar-refractivity contribution in [1.29, 1.82) is 5.26 Å². The Labute approximate surface area is 111 Å². The third-order valence-corrected chi connectivity index (χ3v) is 2.94. The van der Waals surface area contributed by atoms with E-state index in [1.54, 1.807) is 12.1 Å². The zero-order valence-electron chi connectivity index (χ0n) is 10.2. The number of rotatable bonds is 4. The molecule has 0 fully saturated rings. The van der Waals surface area contributed by atoms with Gasteiger partial charge in [-0.3, -0.25) is 10.1 Å². The average molecular weight is 252 g/mol. The first kappa shape index (κ1) is 12.8. The van der Waals surface area contributed by atoms with Crippen LogP contribution in [0.1, 0.15) is 17.0 Å². The molecule has 0 saturated carbocycles.